The quantitative estimate of drug-likeness (QED) is 0.606. The molecule has 0 fully saturated rings. The fourth-order valence-corrected chi connectivity index (χ4v) is 3.00. The van der Waals surface area contributed by atoms with E-state index in [1.54, 1.807) is 44.5 Å². The van der Waals surface area contributed by atoms with Gasteiger partial charge in [-0.25, -0.2) is 0 Å². The lowest BCUT2D eigenvalue weighted by atomic mass is 10.1. The van der Waals surface area contributed by atoms with E-state index >= 15 is 0 Å². The SMILES string of the molecule is COc1ccc2cc(/C=C/C(=O)N(C)CC(=O)Nc3ccccc3Cl)ccc2c1. The number of anilines is 1. The number of nitrogens with zero attached hydrogens (tertiary/aromatic N) is 1. The van der Waals surface area contributed by atoms with E-state index in [9.17, 15) is 9.59 Å². The molecule has 0 unspecified atom stereocenters. The normalized spacial score (nSPS) is 10.9. The molecule has 1 N–H and O–H groups in total. The number of para-hydroxylation sites is 1. The maximum Gasteiger partial charge on any atom is 0.246 e. The fourth-order valence-electron chi connectivity index (χ4n) is 2.81. The highest BCUT2D eigenvalue weighted by atomic mass is 35.5. The van der Waals surface area contributed by atoms with Crippen LogP contribution >= 0.6 is 11.6 Å². The van der Waals surface area contributed by atoms with Crippen molar-refractivity contribution in [3.8, 4) is 5.75 Å². The molecule has 29 heavy (non-hydrogen) atoms. The second kappa shape index (κ2) is 9.26. The Kier molecular flexibility index (Phi) is 6.52. The summed E-state index contributed by atoms with van der Waals surface area (Å²) in [7, 11) is 3.21. The van der Waals surface area contributed by atoms with Crippen molar-refractivity contribution in [3.05, 3.63) is 77.3 Å². The minimum Gasteiger partial charge on any atom is -0.497 e. The topological polar surface area (TPSA) is 58.6 Å². The van der Waals surface area contributed by atoms with E-state index in [0.29, 0.717) is 10.7 Å². The van der Waals surface area contributed by atoms with Crippen LogP contribution in [0.15, 0.2) is 66.7 Å². The first-order valence-electron chi connectivity index (χ1n) is 9.01. The Morgan fingerprint density at radius 1 is 1.07 bits per heavy atom. The van der Waals surface area contributed by atoms with Gasteiger partial charge in [-0.1, -0.05) is 41.9 Å². The molecule has 0 bridgehead atoms. The van der Waals surface area contributed by atoms with Gasteiger partial charge in [0.25, 0.3) is 0 Å². The van der Waals surface area contributed by atoms with E-state index in [2.05, 4.69) is 5.32 Å². The van der Waals surface area contributed by atoms with Gasteiger partial charge in [0.05, 0.1) is 24.4 Å². The molecule has 0 aliphatic rings. The van der Waals surface area contributed by atoms with Gasteiger partial charge in [0.15, 0.2) is 0 Å². The van der Waals surface area contributed by atoms with E-state index < -0.39 is 0 Å². The predicted octanol–water partition coefficient (Wildman–Crippen LogP) is 4.61. The number of carbonyl (C=O) groups is 2. The molecule has 0 radical (unpaired) electrons. The molecule has 0 aliphatic carbocycles. The standard InChI is InChI=1S/C23H21ClN2O3/c1-26(15-22(27)25-21-6-4-3-5-20(21)24)23(28)12-8-16-7-9-18-14-19(29-2)11-10-17(18)13-16/h3-14H,15H2,1-2H3,(H,25,27)/b12-8+. The summed E-state index contributed by atoms with van der Waals surface area (Å²) in [5.74, 6) is 0.212. The molecule has 0 heterocycles. The van der Waals surface area contributed by atoms with Crippen LogP contribution in [0.1, 0.15) is 5.56 Å². The first-order valence-corrected chi connectivity index (χ1v) is 9.39. The zero-order valence-corrected chi connectivity index (χ0v) is 16.9. The molecule has 2 amide bonds. The molecule has 3 aromatic carbocycles. The van der Waals surface area contributed by atoms with Crippen molar-refractivity contribution >= 4 is 46.0 Å². The third-order valence-corrected chi connectivity index (χ3v) is 4.72. The first kappa shape index (κ1) is 20.4. The van der Waals surface area contributed by atoms with E-state index in [1.807, 2.05) is 36.4 Å². The van der Waals surface area contributed by atoms with Gasteiger partial charge in [-0.15, -0.1) is 0 Å². The Hall–Kier alpha value is -3.31. The molecule has 6 heteroatoms. The number of methoxy groups -OCH3 is 1. The van der Waals surface area contributed by atoms with E-state index in [0.717, 1.165) is 22.1 Å². The lowest BCUT2D eigenvalue weighted by molar-refractivity contribution is -0.129. The molecule has 0 atom stereocenters. The summed E-state index contributed by atoms with van der Waals surface area (Å²) in [5.41, 5.74) is 1.41. The molecule has 0 aliphatic heterocycles. The van der Waals surface area contributed by atoms with Gasteiger partial charge in [-0.05, 0) is 52.7 Å². The Bertz CT molecular complexity index is 1080. The zero-order chi connectivity index (χ0) is 20.8. The van der Waals surface area contributed by atoms with Gasteiger partial charge in [-0.2, -0.15) is 0 Å². The average Bonchev–Trinajstić information content (AvgIpc) is 2.73. The Labute approximate surface area is 174 Å². The first-order chi connectivity index (χ1) is 14.0. The molecule has 3 rings (SSSR count). The Morgan fingerprint density at radius 3 is 2.55 bits per heavy atom. The predicted molar refractivity (Wildman–Crippen MR) is 117 cm³/mol. The molecule has 148 valence electrons. The summed E-state index contributed by atoms with van der Waals surface area (Å²) in [6.45, 7) is -0.0775. The zero-order valence-electron chi connectivity index (χ0n) is 16.2. The van der Waals surface area contributed by atoms with Crippen molar-refractivity contribution in [1.82, 2.24) is 4.90 Å². The number of carbonyl (C=O) groups excluding carboxylic acids is 2. The lowest BCUT2D eigenvalue weighted by Gasteiger charge is -2.15. The Balaban J connectivity index is 1.61. The largest absolute Gasteiger partial charge is 0.497 e. The number of nitrogens with one attached hydrogen (secondary N) is 1. The summed E-state index contributed by atoms with van der Waals surface area (Å²) in [5, 5.41) is 5.25. The summed E-state index contributed by atoms with van der Waals surface area (Å²) >= 11 is 6.03. The van der Waals surface area contributed by atoms with Crippen LogP contribution in [0.4, 0.5) is 5.69 Å². The summed E-state index contributed by atoms with van der Waals surface area (Å²) in [4.78, 5) is 25.8. The van der Waals surface area contributed by atoms with E-state index in [-0.39, 0.29) is 18.4 Å². The van der Waals surface area contributed by atoms with Crippen LogP contribution in [0, 0.1) is 0 Å². The van der Waals surface area contributed by atoms with Crippen molar-refractivity contribution in [1.29, 1.82) is 0 Å². The third-order valence-electron chi connectivity index (χ3n) is 4.39. The van der Waals surface area contributed by atoms with Crippen molar-refractivity contribution in [2.24, 2.45) is 0 Å². The van der Waals surface area contributed by atoms with Crippen molar-refractivity contribution in [2.75, 3.05) is 26.0 Å². The lowest BCUT2D eigenvalue weighted by Crippen LogP contribution is -2.33. The summed E-state index contributed by atoms with van der Waals surface area (Å²) in [6.07, 6.45) is 3.18. The number of ether oxygens (including phenoxy) is 1. The van der Waals surface area contributed by atoms with Gasteiger partial charge >= 0.3 is 0 Å². The smallest absolute Gasteiger partial charge is 0.246 e. The molecule has 3 aromatic rings. The van der Waals surface area contributed by atoms with Crippen LogP contribution < -0.4 is 10.1 Å². The Morgan fingerprint density at radius 2 is 1.79 bits per heavy atom. The second-order valence-corrected chi connectivity index (χ2v) is 6.94. The monoisotopic (exact) mass is 408 g/mol. The molecule has 0 saturated carbocycles. The molecule has 0 spiro atoms. The van der Waals surface area contributed by atoms with Crippen molar-refractivity contribution in [2.45, 2.75) is 0 Å². The van der Waals surface area contributed by atoms with Gasteiger partial charge in [-0.3, -0.25) is 9.59 Å². The van der Waals surface area contributed by atoms with Gasteiger partial charge in [0.1, 0.15) is 5.75 Å². The van der Waals surface area contributed by atoms with Crippen LogP contribution in [0.3, 0.4) is 0 Å². The van der Waals surface area contributed by atoms with Crippen molar-refractivity contribution in [3.63, 3.8) is 0 Å². The highest BCUT2D eigenvalue weighted by Gasteiger charge is 2.12. The number of fused-ring (bicyclic) bond motifs is 1. The maximum atomic E-state index is 12.3. The van der Waals surface area contributed by atoms with Crippen LogP contribution in [0.2, 0.25) is 5.02 Å². The van der Waals surface area contributed by atoms with Crippen LogP contribution in [0.5, 0.6) is 5.75 Å². The molecule has 0 aromatic heterocycles. The molecular formula is C23H21ClN2O3. The van der Waals surface area contributed by atoms with Gasteiger partial charge < -0.3 is 15.0 Å². The minimum absolute atomic E-state index is 0.0775. The number of amides is 2. The highest BCUT2D eigenvalue weighted by molar-refractivity contribution is 6.33. The average molecular weight is 409 g/mol. The number of rotatable bonds is 6. The fraction of sp³-hybridized carbons (Fsp3) is 0.130. The number of benzene rings is 3. The number of hydrogen-bond acceptors (Lipinski definition) is 3. The highest BCUT2D eigenvalue weighted by Crippen LogP contribution is 2.22. The van der Waals surface area contributed by atoms with Crippen LogP contribution in [-0.2, 0) is 9.59 Å². The summed E-state index contributed by atoms with van der Waals surface area (Å²) in [6, 6.07) is 18.7. The molecule has 5 nitrogen and oxygen atoms in total. The van der Waals surface area contributed by atoms with Crippen molar-refractivity contribution < 1.29 is 14.3 Å². The maximum absolute atomic E-state index is 12.3. The molecular weight excluding hydrogens is 388 g/mol. The second-order valence-electron chi connectivity index (χ2n) is 6.53. The molecule has 0 saturated heterocycles. The third kappa shape index (κ3) is 5.36. The number of halogens is 1. The van der Waals surface area contributed by atoms with Crippen LogP contribution in [0.25, 0.3) is 16.8 Å². The minimum atomic E-state index is -0.318. The summed E-state index contributed by atoms with van der Waals surface area (Å²) < 4.78 is 5.23. The van der Waals surface area contributed by atoms with E-state index in [4.69, 9.17) is 16.3 Å². The van der Waals surface area contributed by atoms with Gasteiger partial charge in [0.2, 0.25) is 11.8 Å². The van der Waals surface area contributed by atoms with Gasteiger partial charge in [0, 0.05) is 13.1 Å². The van der Waals surface area contributed by atoms with E-state index in [1.165, 1.54) is 11.0 Å². The van der Waals surface area contributed by atoms with Crippen LogP contribution in [-0.4, -0.2) is 37.4 Å². The number of likely N-dealkylation sites (N-methyl/N-ethyl adjacent to an activating group) is 1. The number of hydrogen-bond donors (Lipinski definition) is 1.